The lowest BCUT2D eigenvalue weighted by Gasteiger charge is -2.47. The number of carbonyl (C=O) groups excluding carboxylic acids is 4. The fraction of sp³-hybridized carbons (Fsp3) is 0.509. The number of hydrogen-bond acceptors (Lipinski definition) is 13. The van der Waals surface area contributed by atoms with Crippen LogP contribution < -0.4 is 26.3 Å². The maximum Gasteiger partial charge on any atom is 0.407 e. The van der Waals surface area contributed by atoms with Crippen molar-refractivity contribution in [1.29, 1.82) is 0 Å². The molecule has 0 unspecified atom stereocenters. The van der Waals surface area contributed by atoms with Crippen LogP contribution in [0.25, 0.3) is 11.1 Å². The Morgan fingerprint density at radius 3 is 2.00 bits per heavy atom. The summed E-state index contributed by atoms with van der Waals surface area (Å²) in [6.45, 7) is 0.811. The van der Waals surface area contributed by atoms with E-state index >= 15 is 4.39 Å². The molecule has 6 atom stereocenters. The number of ether oxygens (including phenoxy) is 3. The molecule has 0 saturated carbocycles. The Morgan fingerprint density at radius 1 is 0.825 bits per heavy atom. The summed E-state index contributed by atoms with van der Waals surface area (Å²) in [5, 5.41) is 22.5. The molecule has 18 nitrogen and oxygen atoms in total. The molecule has 7 rings (SSSR count). The second kappa shape index (κ2) is 24.7. The first-order valence-electron chi connectivity index (χ1n) is 25.3. The number of halogens is 9. The number of fused-ring (bicyclic) bond motifs is 2. The summed E-state index contributed by atoms with van der Waals surface area (Å²) in [5.74, 6) is 2.74. The smallest absolute Gasteiger partial charge is 0.407 e. The van der Waals surface area contributed by atoms with Crippen LogP contribution >= 0.6 is 0 Å². The lowest BCUT2D eigenvalue weighted by molar-refractivity contribution is -0.239. The quantitative estimate of drug-likeness (QED) is 0.0388. The van der Waals surface area contributed by atoms with Crippen LogP contribution in [0, 0.1) is 28.5 Å². The molecule has 3 aliphatic heterocycles. The minimum atomic E-state index is -5.20. The molecule has 2 bridgehead atoms. The van der Waals surface area contributed by atoms with Gasteiger partial charge < -0.3 is 40.2 Å². The Morgan fingerprint density at radius 2 is 1.46 bits per heavy atom. The van der Waals surface area contributed by atoms with Crippen molar-refractivity contribution in [2.45, 2.75) is 115 Å². The number of nitrogens with one attached hydrogen (secondary N) is 4. The normalized spacial score (nSPS) is 18.6. The number of carbonyl (C=O) groups is 4. The fourth-order valence-corrected chi connectivity index (χ4v) is 9.56. The van der Waals surface area contributed by atoms with Gasteiger partial charge in [-0.25, -0.2) is 28.7 Å². The van der Waals surface area contributed by atoms with Gasteiger partial charge >= 0.3 is 31.1 Å². The predicted octanol–water partition coefficient (Wildman–Crippen LogP) is 6.48. The molecule has 0 spiro atoms. The van der Waals surface area contributed by atoms with E-state index in [9.17, 15) is 59.4 Å². The number of aromatic nitrogens is 3. The Labute approximate surface area is 454 Å². The number of aliphatic hydroxyl groups is 1. The maximum atomic E-state index is 16.0. The number of benzene rings is 2. The number of aliphatic hydroxyl groups excluding tert-OH is 1. The van der Waals surface area contributed by atoms with Crippen LogP contribution in [-0.4, -0.2) is 156 Å². The minimum Gasteiger partial charge on any atom is -0.453 e. The van der Waals surface area contributed by atoms with E-state index in [-0.39, 0.29) is 16.7 Å². The molecular weight excluding hydrogens is 1080 g/mol. The summed E-state index contributed by atoms with van der Waals surface area (Å²) in [5.41, 5.74) is -2.75. The van der Waals surface area contributed by atoms with Gasteiger partial charge in [-0.05, 0) is 88.4 Å². The average Bonchev–Trinajstić information content (AvgIpc) is 4.11. The average molecular weight is 1140 g/mol. The first kappa shape index (κ1) is 60.5. The number of hydrazine groups is 1. The van der Waals surface area contributed by atoms with Crippen molar-refractivity contribution < 1.29 is 78.0 Å². The zero-order valence-electron chi connectivity index (χ0n) is 44.3. The Kier molecular flexibility index (Phi) is 18.7. The van der Waals surface area contributed by atoms with Crippen molar-refractivity contribution in [2.75, 3.05) is 51.9 Å². The van der Waals surface area contributed by atoms with E-state index in [1.54, 1.807) is 18.3 Å². The molecule has 5 heterocycles. The number of alkyl halides is 8. The molecule has 434 valence electrons. The number of methoxy groups -OCH3 is 1. The monoisotopic (exact) mass is 1140 g/mol. The predicted molar refractivity (Wildman–Crippen MR) is 270 cm³/mol. The molecule has 80 heavy (non-hydrogen) atoms. The van der Waals surface area contributed by atoms with Gasteiger partial charge in [0.25, 0.3) is 5.91 Å². The molecule has 0 aliphatic carbocycles. The van der Waals surface area contributed by atoms with Gasteiger partial charge in [-0.3, -0.25) is 19.9 Å². The van der Waals surface area contributed by atoms with Crippen LogP contribution in [0.15, 0.2) is 73.2 Å². The lowest BCUT2D eigenvalue weighted by atomic mass is 9.82. The molecule has 3 aliphatic rings. The van der Waals surface area contributed by atoms with Crippen molar-refractivity contribution in [2.24, 2.45) is 10.8 Å². The van der Waals surface area contributed by atoms with Gasteiger partial charge in [0.15, 0.2) is 6.10 Å². The molecule has 27 heteroatoms. The maximum absolute atomic E-state index is 16.0. The standard InChI is InChI=1S/C53H61F9N10O8/c1-50(2,52(57,58)59)43(67-49(77)78-6)45(74)66-40(19-31-10-7-30(8-11-31)9-12-32-13-18-42(64-21-32)69-25-36-16-17-37(26-69)72(36)38-28-79-29-38)41(73)27-70(68-46(75)44(80-48(76)63-5)51(3,4)53(60,61)62)23-34-15-14-33(20-39(34)54)35-22-65-71(24-35)47(55)56/h7-8,10-11,13-15,18,20-22,24,36-38,40-41,43-44,47,73H,16-17,19,23,25-29H2,1-6H3,(H,63,76)(H,66,74)(H,67,77)(H,68,75)/t36-,37-,40-,41-,43+,44+/m0/s1. The van der Waals surface area contributed by atoms with E-state index in [0.717, 1.165) is 83.6 Å². The van der Waals surface area contributed by atoms with E-state index < -0.39 is 103 Å². The summed E-state index contributed by atoms with van der Waals surface area (Å²) in [7, 11) is 1.86. The van der Waals surface area contributed by atoms with Crippen molar-refractivity contribution in [3.05, 3.63) is 101 Å². The van der Waals surface area contributed by atoms with Gasteiger partial charge in [0, 0.05) is 80.0 Å². The van der Waals surface area contributed by atoms with E-state index in [2.05, 4.69) is 47.2 Å². The Balaban J connectivity index is 1.17. The molecule has 0 radical (unpaired) electrons. The molecule has 2 aromatic carbocycles. The summed E-state index contributed by atoms with van der Waals surface area (Å²) in [6, 6.07) is 10.5. The summed E-state index contributed by atoms with van der Waals surface area (Å²) < 4.78 is 145. The van der Waals surface area contributed by atoms with E-state index in [0.29, 0.717) is 72.2 Å². The van der Waals surface area contributed by atoms with Gasteiger partial charge in [0.1, 0.15) is 23.1 Å². The second-order valence-corrected chi connectivity index (χ2v) is 20.9. The first-order valence-corrected chi connectivity index (χ1v) is 25.3. The summed E-state index contributed by atoms with van der Waals surface area (Å²) >= 11 is 0. The fourth-order valence-electron chi connectivity index (χ4n) is 9.56. The highest BCUT2D eigenvalue weighted by Crippen LogP contribution is 2.43. The van der Waals surface area contributed by atoms with E-state index in [4.69, 9.17) is 9.47 Å². The van der Waals surface area contributed by atoms with Crippen LogP contribution in [0.5, 0.6) is 0 Å². The van der Waals surface area contributed by atoms with Gasteiger partial charge in [-0.1, -0.05) is 36.1 Å². The van der Waals surface area contributed by atoms with Crippen molar-refractivity contribution in [3.8, 4) is 23.0 Å². The van der Waals surface area contributed by atoms with Gasteiger partial charge in [0.05, 0.1) is 50.1 Å². The second-order valence-electron chi connectivity index (χ2n) is 20.9. The zero-order valence-corrected chi connectivity index (χ0v) is 44.3. The Hall–Kier alpha value is -7.15. The van der Waals surface area contributed by atoms with Crippen LogP contribution in [0.4, 0.5) is 54.9 Å². The molecule has 4 amide bonds. The molecule has 2 aromatic heterocycles. The van der Waals surface area contributed by atoms with Gasteiger partial charge in [-0.15, -0.1) is 0 Å². The van der Waals surface area contributed by atoms with Crippen LogP contribution in [-0.2, 0) is 36.8 Å². The topological polar surface area (TPSA) is 205 Å². The highest BCUT2D eigenvalue weighted by atomic mass is 19.4. The Bertz CT molecular complexity index is 2880. The number of amides is 4. The number of piperazine rings is 1. The third-order valence-electron chi connectivity index (χ3n) is 14.6. The first-order chi connectivity index (χ1) is 37.6. The van der Waals surface area contributed by atoms with Gasteiger partial charge in [-0.2, -0.15) is 40.2 Å². The summed E-state index contributed by atoms with van der Waals surface area (Å²) in [4.78, 5) is 62.4. The molecule has 5 N–H and O–H groups in total. The lowest BCUT2D eigenvalue weighted by Crippen LogP contribution is -2.62. The third kappa shape index (κ3) is 14.1. The molecule has 3 saturated heterocycles. The highest BCUT2D eigenvalue weighted by molar-refractivity contribution is 5.87. The van der Waals surface area contributed by atoms with Crippen LogP contribution in [0.1, 0.15) is 69.3 Å². The minimum absolute atomic E-state index is 0.0501. The van der Waals surface area contributed by atoms with Crippen molar-refractivity contribution in [1.82, 2.24) is 46.0 Å². The number of alkyl carbamates (subject to hydrolysis) is 2. The van der Waals surface area contributed by atoms with E-state index in [1.807, 2.05) is 22.8 Å². The number of nitrogens with zero attached hydrogens (tertiary/aromatic N) is 6. The molecule has 4 aromatic rings. The molecule has 3 fully saturated rings. The number of anilines is 1. The summed E-state index contributed by atoms with van der Waals surface area (Å²) in [6.07, 6.45) is -12.5. The van der Waals surface area contributed by atoms with Gasteiger partial charge in [0.2, 0.25) is 5.91 Å². The number of hydrogen-bond donors (Lipinski definition) is 5. The number of rotatable bonds is 19. The van der Waals surface area contributed by atoms with E-state index in [1.165, 1.54) is 18.2 Å². The molecular formula is C53H61F9N10O8. The van der Waals surface area contributed by atoms with Crippen LogP contribution in [0.2, 0.25) is 0 Å². The van der Waals surface area contributed by atoms with Crippen molar-refractivity contribution in [3.63, 3.8) is 0 Å². The third-order valence-corrected chi connectivity index (χ3v) is 14.6. The number of pyridine rings is 1. The zero-order chi connectivity index (χ0) is 58.5. The highest BCUT2D eigenvalue weighted by Gasteiger charge is 2.58. The van der Waals surface area contributed by atoms with Crippen LogP contribution in [0.3, 0.4) is 0 Å². The largest absolute Gasteiger partial charge is 0.453 e. The van der Waals surface area contributed by atoms with Crippen molar-refractivity contribution >= 4 is 29.8 Å². The SMILES string of the molecule is CNC(=O)O[C@H](C(=O)NN(Cc1ccc(-c2cnn(C(F)F)c2)cc1F)C[C@H](O)[C@H](Cc1ccc(C#Cc2ccc(N3C[C@@H]4CC[C@@H](C3)N4C3COC3)nc2)cc1)NC(=O)[C@@H](NC(=O)OC)C(C)(C)C(F)(F)F)C(C)(C)C(F)(F)F.